The van der Waals surface area contributed by atoms with Crippen LogP contribution in [0.25, 0.3) is 0 Å². The van der Waals surface area contributed by atoms with Crippen molar-refractivity contribution in [2.45, 2.75) is 38.6 Å². The summed E-state index contributed by atoms with van der Waals surface area (Å²) in [4.78, 5) is 0. The van der Waals surface area contributed by atoms with Crippen LogP contribution in [0.3, 0.4) is 0 Å². The van der Waals surface area contributed by atoms with Gasteiger partial charge in [-0.1, -0.05) is 13.3 Å². The molecule has 1 fully saturated rings. The van der Waals surface area contributed by atoms with Crippen LogP contribution in [-0.2, 0) is 14.2 Å². The third-order valence-corrected chi connectivity index (χ3v) is 3.32. The second-order valence-corrected chi connectivity index (χ2v) is 4.96. The van der Waals surface area contributed by atoms with Gasteiger partial charge in [0.15, 0.2) is 0 Å². The van der Waals surface area contributed by atoms with Gasteiger partial charge in [0.25, 0.3) is 0 Å². The zero-order valence-electron chi connectivity index (χ0n) is 12.0. The first-order valence-electron chi connectivity index (χ1n) is 7.24. The molecule has 0 spiro atoms. The van der Waals surface area contributed by atoms with Crippen molar-refractivity contribution in [1.82, 2.24) is 5.32 Å². The Morgan fingerprint density at radius 2 is 1.72 bits per heavy atom. The Morgan fingerprint density at radius 1 is 1.06 bits per heavy atom. The fourth-order valence-electron chi connectivity index (χ4n) is 1.79. The van der Waals surface area contributed by atoms with Crippen LogP contribution in [0.4, 0.5) is 0 Å². The minimum atomic E-state index is 0.656. The van der Waals surface area contributed by atoms with Gasteiger partial charge in [-0.3, -0.25) is 0 Å². The van der Waals surface area contributed by atoms with Crippen molar-refractivity contribution in [3.63, 3.8) is 0 Å². The second-order valence-electron chi connectivity index (χ2n) is 4.96. The van der Waals surface area contributed by atoms with Crippen LogP contribution >= 0.6 is 0 Å². The van der Waals surface area contributed by atoms with Crippen molar-refractivity contribution in [3.05, 3.63) is 0 Å². The third-order valence-electron chi connectivity index (χ3n) is 3.32. The molecule has 1 N–H and O–H groups in total. The Balaban J connectivity index is 1.82. The van der Waals surface area contributed by atoms with E-state index in [4.69, 9.17) is 14.2 Å². The van der Waals surface area contributed by atoms with Crippen molar-refractivity contribution in [2.75, 3.05) is 46.7 Å². The molecule has 1 aliphatic rings. The van der Waals surface area contributed by atoms with Crippen LogP contribution in [0.5, 0.6) is 0 Å². The number of methoxy groups -OCH3 is 1. The standard InChI is InChI=1S/C14H29NO3/c1-3-13(12-15-14-4-5-14)6-7-17-10-11-18-9-8-16-2/h13-15H,3-12H2,1-2H3. The Morgan fingerprint density at radius 3 is 2.33 bits per heavy atom. The highest BCUT2D eigenvalue weighted by molar-refractivity contribution is 4.81. The van der Waals surface area contributed by atoms with E-state index in [1.165, 1.54) is 19.3 Å². The molecule has 0 bridgehead atoms. The molecule has 1 rings (SSSR count). The van der Waals surface area contributed by atoms with E-state index in [0.717, 1.165) is 31.5 Å². The van der Waals surface area contributed by atoms with Gasteiger partial charge in [0.05, 0.1) is 26.4 Å². The molecule has 1 aliphatic carbocycles. The number of hydrogen-bond acceptors (Lipinski definition) is 4. The molecule has 0 aromatic rings. The molecule has 18 heavy (non-hydrogen) atoms. The van der Waals surface area contributed by atoms with Gasteiger partial charge >= 0.3 is 0 Å². The van der Waals surface area contributed by atoms with Crippen LogP contribution in [-0.4, -0.2) is 52.7 Å². The van der Waals surface area contributed by atoms with Crippen molar-refractivity contribution in [3.8, 4) is 0 Å². The van der Waals surface area contributed by atoms with E-state index in [2.05, 4.69) is 12.2 Å². The normalized spacial score (nSPS) is 17.0. The van der Waals surface area contributed by atoms with E-state index < -0.39 is 0 Å². The van der Waals surface area contributed by atoms with Gasteiger partial charge < -0.3 is 19.5 Å². The van der Waals surface area contributed by atoms with Gasteiger partial charge in [-0.05, 0) is 31.7 Å². The summed E-state index contributed by atoms with van der Waals surface area (Å²) in [6.07, 6.45) is 5.11. The smallest absolute Gasteiger partial charge is 0.0701 e. The molecule has 0 amide bonds. The Labute approximate surface area is 111 Å². The highest BCUT2D eigenvalue weighted by Crippen LogP contribution is 2.19. The van der Waals surface area contributed by atoms with E-state index in [1.54, 1.807) is 7.11 Å². The van der Waals surface area contributed by atoms with Gasteiger partial charge in [0, 0.05) is 19.8 Å². The quantitative estimate of drug-likeness (QED) is 0.512. The Hall–Kier alpha value is -0.160. The Kier molecular flexibility index (Phi) is 9.48. The molecule has 4 heteroatoms. The molecule has 1 unspecified atom stereocenters. The molecule has 4 nitrogen and oxygen atoms in total. The summed E-state index contributed by atoms with van der Waals surface area (Å²) in [6, 6.07) is 0.814. The van der Waals surface area contributed by atoms with Crippen LogP contribution in [0.15, 0.2) is 0 Å². The molecule has 0 aromatic heterocycles. The van der Waals surface area contributed by atoms with Crippen LogP contribution < -0.4 is 5.32 Å². The lowest BCUT2D eigenvalue weighted by Gasteiger charge is -2.15. The van der Waals surface area contributed by atoms with Crippen LogP contribution in [0, 0.1) is 5.92 Å². The zero-order chi connectivity index (χ0) is 13.1. The predicted molar refractivity (Wildman–Crippen MR) is 72.9 cm³/mol. The van der Waals surface area contributed by atoms with Gasteiger partial charge in [0.1, 0.15) is 0 Å². The number of ether oxygens (including phenoxy) is 3. The van der Waals surface area contributed by atoms with Crippen LogP contribution in [0.2, 0.25) is 0 Å². The maximum atomic E-state index is 5.58. The van der Waals surface area contributed by atoms with E-state index in [-0.39, 0.29) is 0 Å². The summed E-state index contributed by atoms with van der Waals surface area (Å²) in [7, 11) is 1.68. The fourth-order valence-corrected chi connectivity index (χ4v) is 1.79. The lowest BCUT2D eigenvalue weighted by molar-refractivity contribution is 0.0217. The summed E-state index contributed by atoms with van der Waals surface area (Å²) in [5.41, 5.74) is 0. The number of hydrogen-bond donors (Lipinski definition) is 1. The Bertz CT molecular complexity index is 186. The SMILES string of the molecule is CCC(CCOCCOCCOC)CNC1CC1. The summed E-state index contributed by atoms with van der Waals surface area (Å²) < 4.78 is 15.8. The highest BCUT2D eigenvalue weighted by Gasteiger charge is 2.21. The molecule has 0 saturated heterocycles. The van der Waals surface area contributed by atoms with Crippen molar-refractivity contribution in [2.24, 2.45) is 5.92 Å². The third kappa shape index (κ3) is 8.86. The first kappa shape index (κ1) is 15.9. The van der Waals surface area contributed by atoms with Crippen LogP contribution in [0.1, 0.15) is 32.6 Å². The van der Waals surface area contributed by atoms with Gasteiger partial charge in [-0.25, -0.2) is 0 Å². The molecule has 0 heterocycles. The van der Waals surface area contributed by atoms with Gasteiger partial charge in [-0.15, -0.1) is 0 Å². The average Bonchev–Trinajstić information content (AvgIpc) is 3.20. The maximum absolute atomic E-state index is 5.58. The summed E-state index contributed by atoms with van der Waals surface area (Å²) in [6.45, 7) is 6.92. The lowest BCUT2D eigenvalue weighted by Crippen LogP contribution is -2.25. The van der Waals surface area contributed by atoms with E-state index >= 15 is 0 Å². The van der Waals surface area contributed by atoms with E-state index in [9.17, 15) is 0 Å². The molecule has 1 atom stereocenters. The predicted octanol–water partition coefficient (Wildman–Crippen LogP) is 1.83. The first-order valence-corrected chi connectivity index (χ1v) is 7.24. The molecular weight excluding hydrogens is 230 g/mol. The summed E-state index contributed by atoms with van der Waals surface area (Å²) >= 11 is 0. The topological polar surface area (TPSA) is 39.7 Å². The minimum Gasteiger partial charge on any atom is -0.382 e. The minimum absolute atomic E-state index is 0.656. The average molecular weight is 259 g/mol. The van der Waals surface area contributed by atoms with Crippen molar-refractivity contribution >= 4 is 0 Å². The molecule has 1 saturated carbocycles. The van der Waals surface area contributed by atoms with Crippen molar-refractivity contribution < 1.29 is 14.2 Å². The largest absolute Gasteiger partial charge is 0.382 e. The van der Waals surface area contributed by atoms with Gasteiger partial charge in [-0.2, -0.15) is 0 Å². The zero-order valence-corrected chi connectivity index (χ0v) is 12.0. The first-order chi connectivity index (χ1) is 8.86. The molecular formula is C14H29NO3. The number of rotatable bonds is 13. The molecule has 0 radical (unpaired) electrons. The van der Waals surface area contributed by atoms with E-state index in [0.29, 0.717) is 26.4 Å². The summed E-state index contributed by atoms with van der Waals surface area (Å²) in [5.74, 6) is 0.750. The fraction of sp³-hybridized carbons (Fsp3) is 1.00. The van der Waals surface area contributed by atoms with E-state index in [1.807, 2.05) is 0 Å². The van der Waals surface area contributed by atoms with Gasteiger partial charge in [0.2, 0.25) is 0 Å². The molecule has 0 aliphatic heterocycles. The van der Waals surface area contributed by atoms with Crippen molar-refractivity contribution in [1.29, 1.82) is 0 Å². The molecule has 108 valence electrons. The summed E-state index contributed by atoms with van der Waals surface area (Å²) in [5, 5.41) is 3.59. The number of nitrogens with one attached hydrogen (secondary N) is 1. The maximum Gasteiger partial charge on any atom is 0.0701 e. The highest BCUT2D eigenvalue weighted by atomic mass is 16.5. The lowest BCUT2D eigenvalue weighted by atomic mass is 10.0. The second kappa shape index (κ2) is 10.7. The monoisotopic (exact) mass is 259 g/mol. The molecule has 0 aromatic carbocycles.